The molecule has 1 aromatic rings. The third-order valence-corrected chi connectivity index (χ3v) is 5.84. The Hall–Kier alpha value is -0.0900. The minimum Gasteiger partial charge on any atom is -0.316 e. The van der Waals surface area contributed by atoms with Crippen molar-refractivity contribution < 1.29 is 0 Å². The molecule has 2 unspecified atom stereocenters. The molecule has 1 fully saturated rings. The summed E-state index contributed by atoms with van der Waals surface area (Å²) in [4.78, 5) is 3.80. The molecule has 4 heteroatoms. The second-order valence-corrected chi connectivity index (χ2v) is 8.61. The van der Waals surface area contributed by atoms with Crippen LogP contribution in [0.3, 0.4) is 0 Å². The van der Waals surface area contributed by atoms with Crippen molar-refractivity contribution in [1.29, 1.82) is 0 Å². The van der Waals surface area contributed by atoms with Gasteiger partial charge in [-0.2, -0.15) is 0 Å². The zero-order valence-electron chi connectivity index (χ0n) is 13.1. The topological polar surface area (TPSA) is 15.3 Å². The highest BCUT2D eigenvalue weighted by Gasteiger charge is 2.38. The molecule has 1 heterocycles. The second-order valence-electron chi connectivity index (χ2n) is 6.81. The molecule has 1 aromatic heterocycles. The lowest BCUT2D eigenvalue weighted by atomic mass is 9.68. The molecule has 1 aliphatic rings. The van der Waals surface area contributed by atoms with Crippen LogP contribution in [0, 0.1) is 11.3 Å². The Morgan fingerprint density at radius 3 is 2.80 bits per heavy atom. The molecule has 0 saturated heterocycles. The molecule has 0 aromatic carbocycles. The fraction of sp³-hybridized carbons (Fsp3) is 0.750. The van der Waals surface area contributed by atoms with E-state index in [9.17, 15) is 0 Å². The SMILES string of the molecule is CNC1C(CN(C)Cc2ccc(Cl)s2)CCCC1(C)C. The molecule has 0 spiro atoms. The normalized spacial score (nSPS) is 26.1. The Bertz CT molecular complexity index is 430. The third kappa shape index (κ3) is 3.97. The lowest BCUT2D eigenvalue weighted by molar-refractivity contribution is 0.0891. The summed E-state index contributed by atoms with van der Waals surface area (Å²) in [5.74, 6) is 0.740. The molecular formula is C16H27ClN2S. The molecular weight excluding hydrogens is 288 g/mol. The molecule has 20 heavy (non-hydrogen) atoms. The van der Waals surface area contributed by atoms with E-state index in [4.69, 9.17) is 11.6 Å². The van der Waals surface area contributed by atoms with Crippen molar-refractivity contribution >= 4 is 22.9 Å². The smallest absolute Gasteiger partial charge is 0.0931 e. The van der Waals surface area contributed by atoms with Crippen molar-refractivity contribution in [3.05, 3.63) is 21.3 Å². The predicted octanol–water partition coefficient (Wildman–Crippen LogP) is 4.25. The van der Waals surface area contributed by atoms with Crippen molar-refractivity contribution in [2.75, 3.05) is 20.6 Å². The summed E-state index contributed by atoms with van der Waals surface area (Å²) in [6, 6.07) is 4.75. The number of thiophene rings is 1. The molecule has 0 amide bonds. The van der Waals surface area contributed by atoms with E-state index in [1.807, 2.05) is 6.07 Å². The first-order valence-electron chi connectivity index (χ1n) is 7.52. The fourth-order valence-electron chi connectivity index (χ4n) is 3.77. The number of halogens is 1. The Morgan fingerprint density at radius 2 is 2.20 bits per heavy atom. The molecule has 114 valence electrons. The number of hydrogen-bond acceptors (Lipinski definition) is 3. The molecule has 0 bridgehead atoms. The Kier molecular flexibility index (Phi) is 5.52. The van der Waals surface area contributed by atoms with Gasteiger partial charge < -0.3 is 10.2 Å². The quantitative estimate of drug-likeness (QED) is 0.874. The van der Waals surface area contributed by atoms with E-state index in [2.05, 4.69) is 44.2 Å². The van der Waals surface area contributed by atoms with E-state index < -0.39 is 0 Å². The highest BCUT2D eigenvalue weighted by Crippen LogP contribution is 2.39. The summed E-state index contributed by atoms with van der Waals surface area (Å²) in [5, 5.41) is 3.57. The number of hydrogen-bond donors (Lipinski definition) is 1. The molecule has 0 aliphatic heterocycles. The van der Waals surface area contributed by atoms with Crippen molar-refractivity contribution in [2.45, 2.75) is 45.7 Å². The maximum atomic E-state index is 6.01. The van der Waals surface area contributed by atoms with Gasteiger partial charge in [0.1, 0.15) is 0 Å². The molecule has 0 radical (unpaired) electrons. The van der Waals surface area contributed by atoms with Crippen LogP contribution in [-0.4, -0.2) is 31.6 Å². The number of nitrogens with zero attached hydrogens (tertiary/aromatic N) is 1. The fourth-order valence-corrected chi connectivity index (χ4v) is 4.94. The van der Waals surface area contributed by atoms with E-state index in [0.29, 0.717) is 11.5 Å². The van der Waals surface area contributed by atoms with Gasteiger partial charge in [-0.25, -0.2) is 0 Å². The second kappa shape index (κ2) is 6.78. The first kappa shape index (κ1) is 16.3. The molecule has 1 saturated carbocycles. The molecule has 2 nitrogen and oxygen atoms in total. The summed E-state index contributed by atoms with van der Waals surface area (Å²) in [7, 11) is 4.34. The summed E-state index contributed by atoms with van der Waals surface area (Å²) < 4.78 is 0.889. The maximum absolute atomic E-state index is 6.01. The zero-order valence-corrected chi connectivity index (χ0v) is 14.7. The maximum Gasteiger partial charge on any atom is 0.0931 e. The first-order chi connectivity index (χ1) is 9.42. The van der Waals surface area contributed by atoms with Gasteiger partial charge in [-0.05, 0) is 50.4 Å². The first-order valence-corrected chi connectivity index (χ1v) is 8.72. The van der Waals surface area contributed by atoms with Gasteiger partial charge in [0.05, 0.1) is 4.34 Å². The number of rotatable bonds is 5. The minimum atomic E-state index is 0.407. The van der Waals surface area contributed by atoms with Crippen LogP contribution >= 0.6 is 22.9 Å². The minimum absolute atomic E-state index is 0.407. The third-order valence-electron chi connectivity index (χ3n) is 4.62. The van der Waals surface area contributed by atoms with Gasteiger partial charge in [-0.1, -0.05) is 31.9 Å². The van der Waals surface area contributed by atoms with Gasteiger partial charge in [0, 0.05) is 24.0 Å². The van der Waals surface area contributed by atoms with Gasteiger partial charge in [0.2, 0.25) is 0 Å². The highest BCUT2D eigenvalue weighted by atomic mass is 35.5. The van der Waals surface area contributed by atoms with E-state index in [1.165, 1.54) is 24.1 Å². The van der Waals surface area contributed by atoms with Gasteiger partial charge in [-0.3, -0.25) is 0 Å². The predicted molar refractivity (Wildman–Crippen MR) is 89.6 cm³/mol. The largest absolute Gasteiger partial charge is 0.316 e. The van der Waals surface area contributed by atoms with Crippen LogP contribution < -0.4 is 5.32 Å². The Labute approximate surface area is 132 Å². The van der Waals surface area contributed by atoms with Gasteiger partial charge in [-0.15, -0.1) is 11.3 Å². The van der Waals surface area contributed by atoms with Crippen LogP contribution in [0.2, 0.25) is 4.34 Å². The standard InChI is InChI=1S/C16H27ClN2S/c1-16(2)9-5-6-12(15(16)18-3)10-19(4)11-13-7-8-14(17)20-13/h7-8,12,15,18H,5-6,9-11H2,1-4H3. The van der Waals surface area contributed by atoms with Crippen LogP contribution in [0.5, 0.6) is 0 Å². The van der Waals surface area contributed by atoms with Crippen LogP contribution in [0.25, 0.3) is 0 Å². The van der Waals surface area contributed by atoms with Gasteiger partial charge >= 0.3 is 0 Å². The monoisotopic (exact) mass is 314 g/mol. The van der Waals surface area contributed by atoms with E-state index in [0.717, 1.165) is 23.3 Å². The van der Waals surface area contributed by atoms with E-state index in [-0.39, 0.29) is 0 Å². The lowest BCUT2D eigenvalue weighted by Gasteiger charge is -2.45. The summed E-state index contributed by atoms with van der Waals surface area (Å²) in [6.45, 7) is 6.97. The Morgan fingerprint density at radius 1 is 1.45 bits per heavy atom. The van der Waals surface area contributed by atoms with Gasteiger partial charge in [0.15, 0.2) is 0 Å². The molecule has 2 atom stereocenters. The zero-order chi connectivity index (χ0) is 14.8. The van der Waals surface area contributed by atoms with Crippen LogP contribution in [0.4, 0.5) is 0 Å². The molecule has 2 rings (SSSR count). The summed E-state index contributed by atoms with van der Waals surface area (Å²) in [5.41, 5.74) is 0.407. The van der Waals surface area contributed by atoms with Crippen molar-refractivity contribution in [3.8, 4) is 0 Å². The molecule has 1 N–H and O–H groups in total. The highest BCUT2D eigenvalue weighted by molar-refractivity contribution is 7.16. The van der Waals surface area contributed by atoms with Crippen LogP contribution in [0.1, 0.15) is 38.0 Å². The molecule has 1 aliphatic carbocycles. The van der Waals surface area contributed by atoms with Crippen molar-refractivity contribution in [3.63, 3.8) is 0 Å². The van der Waals surface area contributed by atoms with Crippen LogP contribution in [-0.2, 0) is 6.54 Å². The van der Waals surface area contributed by atoms with Crippen LogP contribution in [0.15, 0.2) is 12.1 Å². The summed E-state index contributed by atoms with van der Waals surface area (Å²) >= 11 is 7.70. The number of nitrogens with one attached hydrogen (secondary N) is 1. The van der Waals surface area contributed by atoms with E-state index in [1.54, 1.807) is 11.3 Å². The van der Waals surface area contributed by atoms with E-state index >= 15 is 0 Å². The van der Waals surface area contributed by atoms with Crippen molar-refractivity contribution in [1.82, 2.24) is 10.2 Å². The van der Waals surface area contributed by atoms with Gasteiger partial charge in [0.25, 0.3) is 0 Å². The Balaban J connectivity index is 1.93. The summed E-state index contributed by atoms with van der Waals surface area (Å²) in [6.07, 6.45) is 4.03. The average Bonchev–Trinajstić information content (AvgIpc) is 2.73. The van der Waals surface area contributed by atoms with Crippen molar-refractivity contribution in [2.24, 2.45) is 11.3 Å². The average molecular weight is 315 g/mol. The lowest BCUT2D eigenvalue weighted by Crippen LogP contribution is -2.51.